The number of sulfonamides is 1. The smallest absolute Gasteiger partial charge is 0.258 e. The van der Waals surface area contributed by atoms with Crippen molar-refractivity contribution in [1.82, 2.24) is 9.29 Å². The van der Waals surface area contributed by atoms with Crippen molar-refractivity contribution in [2.24, 2.45) is 0 Å². The van der Waals surface area contributed by atoms with Crippen molar-refractivity contribution in [1.29, 1.82) is 0 Å². The lowest BCUT2D eigenvalue weighted by Gasteiger charge is -2.15. The molecule has 2 aromatic carbocycles. The van der Waals surface area contributed by atoms with Crippen molar-refractivity contribution >= 4 is 26.6 Å². The molecule has 0 radical (unpaired) electrons. The third-order valence-electron chi connectivity index (χ3n) is 7.01. The minimum atomic E-state index is -3.07. The highest BCUT2D eigenvalue weighted by Gasteiger charge is 2.32. The van der Waals surface area contributed by atoms with Gasteiger partial charge >= 0.3 is 0 Å². The number of nitrogens with zero attached hydrogens (tertiary/aromatic N) is 1. The van der Waals surface area contributed by atoms with E-state index < -0.39 is 10.0 Å². The van der Waals surface area contributed by atoms with Gasteiger partial charge in [-0.15, -0.1) is 0 Å². The summed E-state index contributed by atoms with van der Waals surface area (Å²) in [6.45, 7) is 1.15. The van der Waals surface area contributed by atoms with Gasteiger partial charge in [-0.05, 0) is 18.9 Å². The number of hydrogen-bond acceptors (Lipinski definition) is 4. The van der Waals surface area contributed by atoms with Gasteiger partial charge in [-0.1, -0.05) is 93.8 Å². The number of ketones is 1. The first-order valence-corrected chi connectivity index (χ1v) is 15.0. The summed E-state index contributed by atoms with van der Waals surface area (Å²) < 4.78 is 26.4. The molecular weight excluding hydrogens is 472 g/mol. The van der Waals surface area contributed by atoms with Crippen LogP contribution < -0.4 is 10.3 Å². The predicted octanol–water partition coefficient (Wildman–Crippen LogP) is 5.66. The van der Waals surface area contributed by atoms with Gasteiger partial charge in [-0.2, -0.15) is 0 Å². The number of rotatable bonds is 14. The first kappa shape index (κ1) is 26.3. The Morgan fingerprint density at radius 3 is 1.86 bits per heavy atom. The lowest BCUT2D eigenvalue weighted by atomic mass is 10.0. The van der Waals surface area contributed by atoms with Crippen LogP contribution in [-0.2, 0) is 16.6 Å². The maximum atomic E-state index is 13.4. The summed E-state index contributed by atoms with van der Waals surface area (Å²) >= 11 is 0. The van der Waals surface area contributed by atoms with Crippen LogP contribution >= 0.6 is 0 Å². The monoisotopic (exact) mass is 508 g/mol. The number of carbonyl (C=O) groups is 1. The van der Waals surface area contributed by atoms with E-state index in [4.69, 9.17) is 0 Å². The van der Waals surface area contributed by atoms with Gasteiger partial charge in [0.1, 0.15) is 0 Å². The van der Waals surface area contributed by atoms with E-state index in [1.54, 1.807) is 0 Å². The van der Waals surface area contributed by atoms with Crippen LogP contribution in [0.5, 0.6) is 0 Å². The Balaban J connectivity index is 1.26. The highest BCUT2D eigenvalue weighted by Crippen LogP contribution is 2.39. The fourth-order valence-electron chi connectivity index (χ4n) is 5.21. The molecule has 7 heteroatoms. The van der Waals surface area contributed by atoms with Crippen LogP contribution in [0.4, 0.5) is 0 Å². The number of fused-ring (bicyclic) bond motifs is 5. The Kier molecular flexibility index (Phi) is 8.75. The van der Waals surface area contributed by atoms with E-state index in [0.29, 0.717) is 29.6 Å². The highest BCUT2D eigenvalue weighted by atomic mass is 32.2. The third kappa shape index (κ3) is 6.13. The standard InChI is InChI=1S/C29H36N2O4S/c1-36(34,35)30-20-14-8-6-4-2-3-5-7-9-15-21-31-27-23-17-11-12-18-24(23)28(32)26(27)22-16-10-13-19-25(22)29(31)33/h10-13,16-19,30H,2-9,14-15,20-21H2,1H3. The zero-order valence-electron chi connectivity index (χ0n) is 21.1. The van der Waals surface area contributed by atoms with Crippen LogP contribution in [0.2, 0.25) is 0 Å². The molecule has 3 aromatic rings. The third-order valence-corrected chi connectivity index (χ3v) is 7.73. The Morgan fingerprint density at radius 1 is 0.694 bits per heavy atom. The average Bonchev–Trinajstić information content (AvgIpc) is 3.16. The molecular formula is C29H36N2O4S. The van der Waals surface area contributed by atoms with Crippen molar-refractivity contribution in [3.05, 3.63) is 70.0 Å². The molecule has 1 aliphatic rings. The molecule has 1 N–H and O–H groups in total. The van der Waals surface area contributed by atoms with E-state index in [1.165, 1.54) is 31.9 Å². The van der Waals surface area contributed by atoms with Crippen molar-refractivity contribution in [3.8, 4) is 11.3 Å². The van der Waals surface area contributed by atoms with E-state index in [9.17, 15) is 18.0 Å². The van der Waals surface area contributed by atoms with Crippen molar-refractivity contribution in [3.63, 3.8) is 0 Å². The summed E-state index contributed by atoms with van der Waals surface area (Å²) in [5, 5.41) is 1.37. The number of carbonyl (C=O) groups excluding carboxylic acids is 1. The zero-order valence-corrected chi connectivity index (χ0v) is 21.9. The number of hydrogen-bond donors (Lipinski definition) is 1. The van der Waals surface area contributed by atoms with Crippen LogP contribution in [0.1, 0.15) is 80.1 Å². The fourth-order valence-corrected chi connectivity index (χ4v) is 5.72. The maximum absolute atomic E-state index is 13.4. The normalized spacial score (nSPS) is 12.8. The molecule has 0 saturated heterocycles. The molecule has 0 bridgehead atoms. The highest BCUT2D eigenvalue weighted by molar-refractivity contribution is 7.88. The molecule has 0 fully saturated rings. The largest absolute Gasteiger partial charge is 0.307 e. The fraction of sp³-hybridized carbons (Fsp3) is 0.448. The number of unbranched alkanes of at least 4 members (excludes halogenated alkanes) is 9. The minimum absolute atomic E-state index is 0.0113. The van der Waals surface area contributed by atoms with Gasteiger partial charge in [-0.3, -0.25) is 9.59 Å². The molecule has 1 aliphatic carbocycles. The summed E-state index contributed by atoms with van der Waals surface area (Å²) in [4.78, 5) is 26.6. The number of pyridine rings is 1. The molecule has 0 aliphatic heterocycles. The van der Waals surface area contributed by atoms with Crippen molar-refractivity contribution < 1.29 is 13.2 Å². The van der Waals surface area contributed by atoms with Crippen molar-refractivity contribution in [2.75, 3.05) is 12.8 Å². The maximum Gasteiger partial charge on any atom is 0.258 e. The van der Waals surface area contributed by atoms with Gasteiger partial charge in [0, 0.05) is 35.0 Å². The van der Waals surface area contributed by atoms with Crippen LogP contribution in [0.3, 0.4) is 0 Å². The van der Waals surface area contributed by atoms with Crippen LogP contribution in [0.15, 0.2) is 53.3 Å². The lowest BCUT2D eigenvalue weighted by molar-refractivity contribution is 0.104. The van der Waals surface area contributed by atoms with Gasteiger partial charge in [0.2, 0.25) is 10.0 Å². The molecule has 0 saturated carbocycles. The molecule has 0 atom stereocenters. The van der Waals surface area contributed by atoms with Gasteiger partial charge < -0.3 is 4.57 Å². The first-order chi connectivity index (χ1) is 17.4. The van der Waals surface area contributed by atoms with Crippen LogP contribution in [0, 0.1) is 0 Å². The molecule has 1 aromatic heterocycles. The van der Waals surface area contributed by atoms with E-state index in [1.807, 2.05) is 53.1 Å². The predicted molar refractivity (Wildman–Crippen MR) is 146 cm³/mol. The molecule has 0 spiro atoms. The van der Waals surface area contributed by atoms with Gasteiger partial charge in [0.05, 0.1) is 17.5 Å². The van der Waals surface area contributed by atoms with Crippen LogP contribution in [0.25, 0.3) is 22.0 Å². The topological polar surface area (TPSA) is 85.2 Å². The van der Waals surface area contributed by atoms with Gasteiger partial charge in [0.15, 0.2) is 5.78 Å². The van der Waals surface area contributed by atoms with E-state index >= 15 is 0 Å². The summed E-state index contributed by atoms with van der Waals surface area (Å²) in [6, 6.07) is 15.1. The second-order valence-electron chi connectivity index (χ2n) is 9.80. The number of nitrogens with one attached hydrogen (secondary N) is 1. The molecule has 6 nitrogen and oxygen atoms in total. The second kappa shape index (κ2) is 12.0. The molecule has 36 heavy (non-hydrogen) atoms. The molecule has 192 valence electrons. The number of aromatic nitrogens is 1. The number of benzene rings is 2. The summed E-state index contributed by atoms with van der Waals surface area (Å²) in [5.41, 5.74) is 2.99. The second-order valence-corrected chi connectivity index (χ2v) is 11.6. The summed E-state index contributed by atoms with van der Waals surface area (Å²) in [5.74, 6) is 0.0113. The van der Waals surface area contributed by atoms with Crippen molar-refractivity contribution in [2.45, 2.75) is 70.8 Å². The Morgan fingerprint density at radius 2 is 1.22 bits per heavy atom. The zero-order chi connectivity index (χ0) is 25.5. The van der Waals surface area contributed by atoms with Gasteiger partial charge in [-0.25, -0.2) is 13.1 Å². The summed E-state index contributed by atoms with van der Waals surface area (Å²) in [6.07, 6.45) is 12.2. The first-order valence-electron chi connectivity index (χ1n) is 13.1. The molecule has 1 heterocycles. The Bertz CT molecular complexity index is 1390. The minimum Gasteiger partial charge on any atom is -0.307 e. The molecule has 4 rings (SSSR count). The van der Waals surface area contributed by atoms with Crippen LogP contribution in [-0.4, -0.2) is 31.6 Å². The average molecular weight is 509 g/mol. The van der Waals surface area contributed by atoms with Gasteiger partial charge in [0.25, 0.3) is 5.56 Å². The molecule has 0 amide bonds. The van der Waals surface area contributed by atoms with E-state index in [2.05, 4.69) is 4.72 Å². The SMILES string of the molecule is CS(=O)(=O)NCCCCCCCCCCCCn1c2c(c3ccccc3c1=O)C(=O)c1ccccc1-2. The van der Waals surface area contributed by atoms with E-state index in [-0.39, 0.29) is 11.3 Å². The lowest BCUT2D eigenvalue weighted by Crippen LogP contribution is -2.23. The quantitative estimate of drug-likeness (QED) is 0.223. The Hall–Kier alpha value is -2.77. The summed E-state index contributed by atoms with van der Waals surface area (Å²) in [7, 11) is -3.07. The Labute approximate surface area is 213 Å². The van der Waals surface area contributed by atoms with E-state index in [0.717, 1.165) is 55.2 Å². The molecule has 0 unspecified atom stereocenters.